The van der Waals surface area contributed by atoms with Gasteiger partial charge in [-0.15, -0.1) is 0 Å². The third-order valence-corrected chi connectivity index (χ3v) is 7.66. The molecule has 0 spiro atoms. The highest BCUT2D eigenvalue weighted by Crippen LogP contribution is 2.46. The van der Waals surface area contributed by atoms with Crippen LogP contribution in [0.25, 0.3) is 28.0 Å². The number of benzene rings is 1. The maximum Gasteiger partial charge on any atom is 0.230 e. The van der Waals surface area contributed by atoms with Crippen molar-refractivity contribution >= 4 is 52.2 Å². The fraction of sp³-hybridized carbons (Fsp3) is 0.360. The standard InChI is InChI=1S/C25H29FN10/c1-12(7-20-30-5-6-36(20)29-4)31-25-33-23-21(15-8-14(26)9-18(28-3)22(15)32-23)24(34-25)35-11-16-13(2)19(35)10-17(16)27/h5-9,13,16-17,19,28H,4,10-11,27H2,1-3H3,(H2,31,32,33,34)/b12-7+/t13-,16+,17-,19+/m1/s1. The highest BCUT2D eigenvalue weighted by molar-refractivity contribution is 6.15. The van der Waals surface area contributed by atoms with Crippen LogP contribution in [0, 0.1) is 17.7 Å². The van der Waals surface area contributed by atoms with Crippen LogP contribution in [0.1, 0.15) is 26.1 Å². The van der Waals surface area contributed by atoms with Crippen molar-refractivity contribution in [2.45, 2.75) is 32.4 Å². The summed E-state index contributed by atoms with van der Waals surface area (Å²) in [5.74, 6) is 2.41. The van der Waals surface area contributed by atoms with Crippen LogP contribution in [0.3, 0.4) is 0 Å². The number of hydrogen-bond donors (Lipinski definition) is 4. The van der Waals surface area contributed by atoms with Gasteiger partial charge in [-0.25, -0.2) is 14.1 Å². The number of H-pyrrole nitrogens is 1. The lowest BCUT2D eigenvalue weighted by Crippen LogP contribution is -2.41. The summed E-state index contributed by atoms with van der Waals surface area (Å²) in [6, 6.07) is 3.50. The summed E-state index contributed by atoms with van der Waals surface area (Å²) >= 11 is 0. The molecular formula is C25H29FN10. The minimum Gasteiger partial charge on any atom is -0.386 e. The number of nitrogens with one attached hydrogen (secondary N) is 3. The molecule has 1 aromatic carbocycles. The van der Waals surface area contributed by atoms with Gasteiger partial charge >= 0.3 is 0 Å². The molecule has 1 saturated carbocycles. The fourth-order valence-electron chi connectivity index (χ4n) is 5.91. The quantitative estimate of drug-likeness (QED) is 0.306. The molecule has 2 fully saturated rings. The molecule has 5 N–H and O–H groups in total. The normalized spacial score (nSPS) is 23.7. The summed E-state index contributed by atoms with van der Waals surface area (Å²) in [6.45, 7) is 8.55. The molecule has 0 unspecified atom stereocenters. The highest BCUT2D eigenvalue weighted by atomic mass is 19.1. The molecule has 2 bridgehead atoms. The number of piperidine rings is 1. The summed E-state index contributed by atoms with van der Waals surface area (Å²) < 4.78 is 16.2. The summed E-state index contributed by atoms with van der Waals surface area (Å²) in [4.78, 5) is 19.8. The number of allylic oxidation sites excluding steroid dienone is 1. The third-order valence-electron chi connectivity index (χ3n) is 7.66. The Labute approximate surface area is 207 Å². The minimum atomic E-state index is -0.315. The van der Waals surface area contributed by atoms with Gasteiger partial charge in [0.2, 0.25) is 5.95 Å². The SMILES string of the molecule is C=Nn1ccnc1/C=C(\C)Nc1nc(N2C[C@H]3[C@@H](C)[C@@H]2C[C@H]3N)c2c(n1)[nH]c1c(NC)cc(F)cc12. The second kappa shape index (κ2) is 8.30. The number of aromatic nitrogens is 5. The Bertz CT molecular complexity index is 1520. The smallest absolute Gasteiger partial charge is 0.230 e. The van der Waals surface area contributed by atoms with Crippen LogP contribution in [0.5, 0.6) is 0 Å². The van der Waals surface area contributed by atoms with Crippen molar-refractivity contribution in [3.05, 3.63) is 41.9 Å². The van der Waals surface area contributed by atoms with Crippen LogP contribution in [0.15, 0.2) is 35.3 Å². The zero-order chi connectivity index (χ0) is 25.1. The Morgan fingerprint density at radius 3 is 2.89 bits per heavy atom. The molecule has 36 heavy (non-hydrogen) atoms. The van der Waals surface area contributed by atoms with Crippen molar-refractivity contribution in [2.24, 2.45) is 22.7 Å². The second-order valence-electron chi connectivity index (χ2n) is 9.71. The average molecular weight is 489 g/mol. The number of aromatic amines is 1. The van der Waals surface area contributed by atoms with E-state index in [0.717, 1.165) is 40.8 Å². The zero-order valence-electron chi connectivity index (χ0n) is 20.5. The summed E-state index contributed by atoms with van der Waals surface area (Å²) in [6.07, 6.45) is 6.14. The average Bonchev–Trinajstić information content (AvgIpc) is 3.59. The van der Waals surface area contributed by atoms with E-state index in [-0.39, 0.29) is 17.9 Å². The van der Waals surface area contributed by atoms with E-state index in [4.69, 9.17) is 15.7 Å². The number of fused-ring (bicyclic) bond motifs is 5. The highest BCUT2D eigenvalue weighted by Gasteiger charge is 2.49. The van der Waals surface area contributed by atoms with Crippen molar-refractivity contribution in [1.82, 2.24) is 24.6 Å². The lowest BCUT2D eigenvalue weighted by atomic mass is 9.98. The van der Waals surface area contributed by atoms with Gasteiger partial charge in [-0.3, -0.25) is 0 Å². The van der Waals surface area contributed by atoms with E-state index >= 15 is 0 Å². The Morgan fingerprint density at radius 1 is 1.36 bits per heavy atom. The van der Waals surface area contributed by atoms with Gasteiger partial charge in [-0.05, 0) is 37.3 Å². The molecule has 3 aromatic heterocycles. The predicted octanol–water partition coefficient (Wildman–Crippen LogP) is 3.60. The van der Waals surface area contributed by atoms with Gasteiger partial charge in [-0.2, -0.15) is 15.1 Å². The van der Waals surface area contributed by atoms with Gasteiger partial charge in [0.15, 0.2) is 5.82 Å². The number of nitrogens with two attached hydrogens (primary N) is 1. The topological polar surface area (TPSA) is 125 Å². The first-order chi connectivity index (χ1) is 17.4. The van der Waals surface area contributed by atoms with Crippen LogP contribution >= 0.6 is 0 Å². The monoisotopic (exact) mass is 488 g/mol. The van der Waals surface area contributed by atoms with Crippen molar-refractivity contribution in [1.29, 1.82) is 0 Å². The Kier molecular flexibility index (Phi) is 5.18. The number of nitrogens with zero attached hydrogens (tertiary/aromatic N) is 6. The lowest BCUT2D eigenvalue weighted by molar-refractivity contribution is 0.436. The van der Waals surface area contributed by atoms with Gasteiger partial charge in [0.25, 0.3) is 0 Å². The molecule has 2 aliphatic rings. The van der Waals surface area contributed by atoms with E-state index in [1.807, 2.05) is 13.0 Å². The van der Waals surface area contributed by atoms with E-state index in [9.17, 15) is 4.39 Å². The van der Waals surface area contributed by atoms with Gasteiger partial charge in [0, 0.05) is 61.9 Å². The Morgan fingerprint density at radius 2 is 2.19 bits per heavy atom. The van der Waals surface area contributed by atoms with Crippen LogP contribution in [0.4, 0.5) is 21.8 Å². The molecule has 1 saturated heterocycles. The fourth-order valence-corrected chi connectivity index (χ4v) is 5.91. The van der Waals surface area contributed by atoms with Gasteiger partial charge in [0.05, 0.1) is 16.6 Å². The first-order valence-corrected chi connectivity index (χ1v) is 12.1. The summed E-state index contributed by atoms with van der Waals surface area (Å²) in [5, 5.41) is 11.9. The molecular weight excluding hydrogens is 459 g/mol. The van der Waals surface area contributed by atoms with Crippen molar-refractivity contribution in [2.75, 3.05) is 29.1 Å². The van der Waals surface area contributed by atoms with Crippen LogP contribution in [0.2, 0.25) is 0 Å². The Balaban J connectivity index is 1.50. The summed E-state index contributed by atoms with van der Waals surface area (Å²) in [5.41, 5.74) is 9.30. The van der Waals surface area contributed by atoms with Crippen molar-refractivity contribution in [3.8, 4) is 0 Å². The summed E-state index contributed by atoms with van der Waals surface area (Å²) in [7, 11) is 1.78. The number of halogens is 1. The number of imidazole rings is 1. The zero-order valence-corrected chi connectivity index (χ0v) is 20.5. The molecule has 4 heterocycles. The first kappa shape index (κ1) is 22.5. The molecule has 186 valence electrons. The van der Waals surface area contributed by atoms with E-state index in [2.05, 4.69) is 44.2 Å². The number of rotatable bonds is 6. The van der Waals surface area contributed by atoms with E-state index in [1.54, 1.807) is 30.2 Å². The van der Waals surface area contributed by atoms with Crippen molar-refractivity contribution in [3.63, 3.8) is 0 Å². The molecule has 10 nitrogen and oxygen atoms in total. The van der Waals surface area contributed by atoms with Gasteiger partial charge < -0.3 is 26.3 Å². The van der Waals surface area contributed by atoms with E-state index in [1.165, 1.54) is 6.07 Å². The molecule has 1 aliphatic heterocycles. The Hall–Kier alpha value is -3.99. The molecule has 4 atom stereocenters. The van der Waals surface area contributed by atoms with E-state index in [0.29, 0.717) is 34.9 Å². The third kappa shape index (κ3) is 3.41. The predicted molar refractivity (Wildman–Crippen MR) is 142 cm³/mol. The van der Waals surface area contributed by atoms with Crippen LogP contribution < -0.4 is 21.3 Å². The lowest BCUT2D eigenvalue weighted by Gasteiger charge is -2.31. The van der Waals surface area contributed by atoms with Gasteiger partial charge in [0.1, 0.15) is 17.3 Å². The van der Waals surface area contributed by atoms with E-state index < -0.39 is 0 Å². The first-order valence-electron chi connectivity index (χ1n) is 12.1. The molecule has 0 amide bonds. The van der Waals surface area contributed by atoms with Gasteiger partial charge in [-0.1, -0.05) is 6.92 Å². The molecule has 0 radical (unpaired) electrons. The number of hydrogen-bond acceptors (Lipinski definition) is 8. The molecule has 4 aromatic rings. The molecule has 1 aliphatic carbocycles. The largest absolute Gasteiger partial charge is 0.386 e. The maximum atomic E-state index is 14.6. The van der Waals surface area contributed by atoms with Crippen molar-refractivity contribution < 1.29 is 4.39 Å². The maximum absolute atomic E-state index is 14.6. The van der Waals surface area contributed by atoms with Crippen LogP contribution in [-0.4, -0.2) is 57.0 Å². The second-order valence-corrected chi connectivity index (χ2v) is 9.71. The number of anilines is 3. The molecule has 6 rings (SSSR count). The van der Waals surface area contributed by atoms with Crippen LogP contribution in [-0.2, 0) is 0 Å². The minimum absolute atomic E-state index is 0.194. The molecule has 11 heteroatoms.